The Morgan fingerprint density at radius 1 is 1.00 bits per heavy atom. The fourth-order valence-electron chi connectivity index (χ4n) is 2.49. The fourth-order valence-corrected chi connectivity index (χ4v) is 2.49. The van der Waals surface area contributed by atoms with Crippen LogP contribution in [0.4, 0.5) is 4.79 Å². The van der Waals surface area contributed by atoms with Gasteiger partial charge in [0.1, 0.15) is 6.61 Å². The Morgan fingerprint density at radius 2 is 1.59 bits per heavy atom. The fraction of sp³-hybridized carbons (Fsp3) is 0.250. The summed E-state index contributed by atoms with van der Waals surface area (Å²) in [4.78, 5) is 35.4. The molecule has 0 radical (unpaired) electrons. The monoisotopic (exact) mass is 369 g/mol. The second-order valence-corrected chi connectivity index (χ2v) is 6.07. The van der Waals surface area contributed by atoms with Crippen LogP contribution in [0.5, 0.6) is 0 Å². The maximum absolute atomic E-state index is 12.0. The van der Waals surface area contributed by atoms with E-state index in [9.17, 15) is 14.4 Å². The maximum Gasteiger partial charge on any atom is 0.414 e. The van der Waals surface area contributed by atoms with Crippen LogP contribution in [0, 0.1) is 0 Å². The van der Waals surface area contributed by atoms with E-state index in [4.69, 9.17) is 10.5 Å². The highest BCUT2D eigenvalue weighted by Crippen LogP contribution is 2.12. The SMILES string of the molecule is CC(N[C@@H](CC(=O)NC(=O)OCc1ccccc1)C(N)=O)c1ccccc1. The predicted molar refractivity (Wildman–Crippen MR) is 100 cm³/mol. The van der Waals surface area contributed by atoms with Crippen molar-refractivity contribution in [3.8, 4) is 0 Å². The van der Waals surface area contributed by atoms with Gasteiger partial charge in [-0.15, -0.1) is 0 Å². The molecule has 0 bridgehead atoms. The first-order valence-corrected chi connectivity index (χ1v) is 8.56. The lowest BCUT2D eigenvalue weighted by atomic mass is 10.1. The molecule has 27 heavy (non-hydrogen) atoms. The van der Waals surface area contributed by atoms with E-state index in [0.717, 1.165) is 11.1 Å². The minimum Gasteiger partial charge on any atom is -0.444 e. The lowest BCUT2D eigenvalue weighted by Crippen LogP contribution is -2.46. The van der Waals surface area contributed by atoms with E-state index < -0.39 is 23.9 Å². The number of hydrogen-bond acceptors (Lipinski definition) is 5. The molecule has 0 aliphatic heterocycles. The predicted octanol–water partition coefficient (Wildman–Crippen LogP) is 2.03. The summed E-state index contributed by atoms with van der Waals surface area (Å²) in [5.74, 6) is -1.32. The molecule has 0 saturated heterocycles. The molecule has 1 unspecified atom stereocenters. The molecule has 2 aromatic carbocycles. The van der Waals surface area contributed by atoms with Crippen molar-refractivity contribution in [2.45, 2.75) is 32.0 Å². The highest BCUT2D eigenvalue weighted by molar-refractivity contribution is 5.95. The first-order valence-electron chi connectivity index (χ1n) is 8.56. The lowest BCUT2D eigenvalue weighted by Gasteiger charge is -2.20. The third-order valence-electron chi connectivity index (χ3n) is 3.94. The van der Waals surface area contributed by atoms with E-state index in [-0.39, 0.29) is 19.1 Å². The van der Waals surface area contributed by atoms with E-state index in [1.165, 1.54) is 0 Å². The Bertz CT molecular complexity index is 765. The van der Waals surface area contributed by atoms with E-state index in [1.807, 2.05) is 55.5 Å². The van der Waals surface area contributed by atoms with Gasteiger partial charge in [-0.1, -0.05) is 60.7 Å². The first-order chi connectivity index (χ1) is 13.0. The molecule has 0 saturated carbocycles. The number of nitrogens with two attached hydrogens (primary N) is 1. The number of benzene rings is 2. The van der Waals surface area contributed by atoms with Gasteiger partial charge in [-0.2, -0.15) is 0 Å². The van der Waals surface area contributed by atoms with E-state index in [1.54, 1.807) is 12.1 Å². The van der Waals surface area contributed by atoms with Gasteiger partial charge in [-0.05, 0) is 18.1 Å². The molecule has 0 aliphatic rings. The Morgan fingerprint density at radius 3 is 2.19 bits per heavy atom. The zero-order valence-corrected chi connectivity index (χ0v) is 15.1. The number of primary amides is 1. The molecule has 0 fully saturated rings. The molecular formula is C20H23N3O4. The number of hydrogen-bond donors (Lipinski definition) is 3. The summed E-state index contributed by atoms with van der Waals surface area (Å²) < 4.78 is 4.98. The number of amides is 3. The van der Waals surface area contributed by atoms with Crippen molar-refractivity contribution in [3.63, 3.8) is 0 Å². The summed E-state index contributed by atoms with van der Waals surface area (Å²) in [6.07, 6.45) is -1.14. The van der Waals surface area contributed by atoms with Gasteiger partial charge in [0.05, 0.1) is 12.5 Å². The summed E-state index contributed by atoms with van der Waals surface area (Å²) in [6, 6.07) is 17.4. The van der Waals surface area contributed by atoms with Gasteiger partial charge < -0.3 is 10.5 Å². The topological polar surface area (TPSA) is 111 Å². The largest absolute Gasteiger partial charge is 0.444 e. The van der Waals surface area contributed by atoms with E-state index >= 15 is 0 Å². The quantitative estimate of drug-likeness (QED) is 0.659. The van der Waals surface area contributed by atoms with Crippen molar-refractivity contribution in [2.75, 3.05) is 0 Å². The maximum atomic E-state index is 12.0. The van der Waals surface area contributed by atoms with Crippen LogP contribution in [0.1, 0.15) is 30.5 Å². The highest BCUT2D eigenvalue weighted by Gasteiger charge is 2.23. The van der Waals surface area contributed by atoms with Gasteiger partial charge in [0, 0.05) is 6.04 Å². The summed E-state index contributed by atoms with van der Waals surface area (Å²) in [6.45, 7) is 1.90. The minimum atomic E-state index is -0.915. The Hall–Kier alpha value is -3.19. The molecule has 7 heteroatoms. The van der Waals surface area contributed by atoms with Crippen LogP contribution >= 0.6 is 0 Å². The molecule has 2 rings (SSSR count). The molecule has 4 N–H and O–H groups in total. The molecule has 7 nitrogen and oxygen atoms in total. The Kier molecular flexibility index (Phi) is 7.51. The van der Waals surface area contributed by atoms with Crippen LogP contribution in [0.25, 0.3) is 0 Å². The Balaban J connectivity index is 1.83. The van der Waals surface area contributed by atoms with Gasteiger partial charge in [0.25, 0.3) is 0 Å². The van der Waals surface area contributed by atoms with Gasteiger partial charge in [0.15, 0.2) is 0 Å². The molecule has 2 aromatic rings. The Labute approximate surface area is 157 Å². The van der Waals surface area contributed by atoms with Crippen molar-refractivity contribution in [2.24, 2.45) is 5.73 Å². The average Bonchev–Trinajstić information content (AvgIpc) is 2.67. The van der Waals surface area contributed by atoms with Gasteiger partial charge in [-0.25, -0.2) is 4.79 Å². The molecule has 0 heterocycles. The van der Waals surface area contributed by atoms with Crippen LogP contribution < -0.4 is 16.4 Å². The summed E-state index contributed by atoms with van der Waals surface area (Å²) in [7, 11) is 0. The highest BCUT2D eigenvalue weighted by atomic mass is 16.5. The lowest BCUT2D eigenvalue weighted by molar-refractivity contribution is -0.126. The first kappa shape index (κ1) is 20.1. The van der Waals surface area contributed by atoms with Crippen molar-refractivity contribution < 1.29 is 19.1 Å². The number of carbonyl (C=O) groups is 3. The number of imide groups is 1. The van der Waals surface area contributed by atoms with Crippen molar-refractivity contribution >= 4 is 17.9 Å². The third-order valence-corrected chi connectivity index (χ3v) is 3.94. The third kappa shape index (κ3) is 6.91. The zero-order chi connectivity index (χ0) is 19.6. The second-order valence-electron chi connectivity index (χ2n) is 6.07. The van der Waals surface area contributed by atoms with Crippen molar-refractivity contribution in [3.05, 3.63) is 71.8 Å². The molecule has 142 valence electrons. The molecule has 0 spiro atoms. The summed E-state index contributed by atoms with van der Waals surface area (Å²) in [5.41, 5.74) is 7.13. The van der Waals surface area contributed by atoms with Gasteiger partial charge >= 0.3 is 6.09 Å². The number of carbonyl (C=O) groups excluding carboxylic acids is 3. The van der Waals surface area contributed by atoms with E-state index in [0.29, 0.717) is 0 Å². The van der Waals surface area contributed by atoms with E-state index in [2.05, 4.69) is 10.6 Å². The molecule has 0 aliphatic carbocycles. The van der Waals surface area contributed by atoms with Crippen molar-refractivity contribution in [1.82, 2.24) is 10.6 Å². The number of rotatable bonds is 8. The number of nitrogens with one attached hydrogen (secondary N) is 2. The molecular weight excluding hydrogens is 346 g/mol. The molecule has 3 amide bonds. The average molecular weight is 369 g/mol. The standard InChI is InChI=1S/C20H23N3O4/c1-14(16-10-6-3-7-11-16)22-17(19(21)25)12-18(24)23-20(26)27-13-15-8-4-2-5-9-15/h2-11,14,17,22H,12-13H2,1H3,(H2,21,25)(H,23,24,26)/t14?,17-/m0/s1. The normalized spacial score (nSPS) is 12.6. The molecule has 2 atom stereocenters. The van der Waals surface area contributed by atoms with Gasteiger partial charge in [-0.3, -0.25) is 20.2 Å². The second kappa shape index (κ2) is 10.1. The summed E-state index contributed by atoms with van der Waals surface area (Å²) in [5, 5.41) is 5.11. The molecule has 0 aromatic heterocycles. The van der Waals surface area contributed by atoms with Crippen LogP contribution in [-0.4, -0.2) is 23.9 Å². The summed E-state index contributed by atoms with van der Waals surface area (Å²) >= 11 is 0. The smallest absolute Gasteiger partial charge is 0.414 e. The van der Waals surface area contributed by atoms with Crippen molar-refractivity contribution in [1.29, 1.82) is 0 Å². The zero-order valence-electron chi connectivity index (χ0n) is 15.1. The van der Waals surface area contributed by atoms with Gasteiger partial charge in [0.2, 0.25) is 11.8 Å². The van der Waals surface area contributed by atoms with Crippen LogP contribution in [-0.2, 0) is 20.9 Å². The minimum absolute atomic E-state index is 0.0441. The van der Waals surface area contributed by atoms with Crippen LogP contribution in [0.3, 0.4) is 0 Å². The van der Waals surface area contributed by atoms with Crippen LogP contribution in [0.2, 0.25) is 0 Å². The van der Waals surface area contributed by atoms with Crippen LogP contribution in [0.15, 0.2) is 60.7 Å². The number of alkyl carbamates (subject to hydrolysis) is 1. The number of ether oxygens (including phenoxy) is 1.